The maximum absolute atomic E-state index is 10.3. The average molecular weight is 500 g/mol. The summed E-state index contributed by atoms with van der Waals surface area (Å²) in [6, 6.07) is 22.2. The van der Waals surface area contributed by atoms with Gasteiger partial charge in [0.2, 0.25) is 5.95 Å². The number of anilines is 1. The van der Waals surface area contributed by atoms with Crippen molar-refractivity contribution in [2.45, 2.75) is 78.3 Å². The van der Waals surface area contributed by atoms with Crippen LogP contribution in [0.5, 0.6) is 0 Å². The molecule has 5 nitrogen and oxygen atoms in total. The van der Waals surface area contributed by atoms with Gasteiger partial charge >= 0.3 is 0 Å². The minimum Gasteiger partial charge on any atom is -0.341 e. The standard InChI is InChI=1S/C32H45N5/c1-25(2)16-21-37-30-15-10-9-14-29(30)34-31(37)36-20-17-27(5)35(22-23-36)19-11-18-32(24-33,26(3)4)28-12-7-6-8-13-28/h6-10,12-15,25-27H,11,16-23H2,1-5H3. The third-order valence-corrected chi connectivity index (χ3v) is 8.44. The molecule has 0 N–H and O–H groups in total. The van der Waals surface area contributed by atoms with Crippen molar-refractivity contribution in [3.05, 3.63) is 60.2 Å². The third-order valence-electron chi connectivity index (χ3n) is 8.44. The third kappa shape index (κ3) is 6.02. The molecule has 37 heavy (non-hydrogen) atoms. The normalized spacial score (nSPS) is 18.8. The summed E-state index contributed by atoms with van der Waals surface area (Å²) in [6.07, 6.45) is 4.20. The van der Waals surface area contributed by atoms with E-state index in [1.807, 2.05) is 6.07 Å². The first kappa shape index (κ1) is 27.2. The van der Waals surface area contributed by atoms with Gasteiger partial charge in [-0.05, 0) is 68.7 Å². The Balaban J connectivity index is 1.45. The van der Waals surface area contributed by atoms with Gasteiger partial charge in [-0.15, -0.1) is 0 Å². The van der Waals surface area contributed by atoms with Crippen molar-refractivity contribution in [3.63, 3.8) is 0 Å². The number of hydrogen-bond donors (Lipinski definition) is 0. The van der Waals surface area contributed by atoms with Crippen LogP contribution in [0.2, 0.25) is 0 Å². The fraction of sp³-hybridized carbons (Fsp3) is 0.562. The van der Waals surface area contributed by atoms with E-state index in [0.717, 1.165) is 75.4 Å². The summed E-state index contributed by atoms with van der Waals surface area (Å²) in [7, 11) is 0. The quantitative estimate of drug-likeness (QED) is 0.305. The molecule has 1 fully saturated rings. The molecule has 2 unspecified atom stereocenters. The van der Waals surface area contributed by atoms with Gasteiger partial charge in [0.05, 0.1) is 22.5 Å². The van der Waals surface area contributed by atoms with Gasteiger partial charge in [0, 0.05) is 32.2 Å². The second-order valence-electron chi connectivity index (χ2n) is 11.6. The lowest BCUT2D eigenvalue weighted by atomic mass is 9.70. The molecule has 2 heterocycles. The Kier molecular flexibility index (Phi) is 8.92. The lowest BCUT2D eigenvalue weighted by molar-refractivity contribution is 0.207. The molecule has 1 aromatic heterocycles. The van der Waals surface area contributed by atoms with Crippen molar-refractivity contribution >= 4 is 17.0 Å². The number of aryl methyl sites for hydroxylation is 1. The van der Waals surface area contributed by atoms with E-state index >= 15 is 0 Å². The summed E-state index contributed by atoms with van der Waals surface area (Å²) in [5.74, 6) is 2.06. The zero-order chi connectivity index (χ0) is 26.4. The maximum atomic E-state index is 10.3. The van der Waals surface area contributed by atoms with Crippen molar-refractivity contribution in [2.24, 2.45) is 11.8 Å². The molecule has 1 saturated heterocycles. The molecule has 3 aromatic rings. The molecular formula is C32H45N5. The molecule has 2 atom stereocenters. The van der Waals surface area contributed by atoms with E-state index in [0.29, 0.717) is 12.0 Å². The number of nitriles is 1. The fourth-order valence-corrected chi connectivity index (χ4v) is 5.86. The largest absolute Gasteiger partial charge is 0.341 e. The number of rotatable bonds is 10. The first-order valence-corrected chi connectivity index (χ1v) is 14.3. The smallest absolute Gasteiger partial charge is 0.206 e. The number of fused-ring (bicyclic) bond motifs is 1. The Morgan fingerprint density at radius 3 is 2.41 bits per heavy atom. The van der Waals surface area contributed by atoms with Crippen molar-refractivity contribution < 1.29 is 0 Å². The number of aromatic nitrogens is 2. The molecule has 4 rings (SSSR count). The minimum atomic E-state index is -0.427. The van der Waals surface area contributed by atoms with E-state index in [-0.39, 0.29) is 5.92 Å². The number of imidazole rings is 1. The predicted molar refractivity (Wildman–Crippen MR) is 155 cm³/mol. The van der Waals surface area contributed by atoms with Crippen LogP contribution in [-0.4, -0.2) is 46.7 Å². The van der Waals surface area contributed by atoms with Crippen LogP contribution in [-0.2, 0) is 12.0 Å². The van der Waals surface area contributed by atoms with Crippen LogP contribution in [0.4, 0.5) is 5.95 Å². The number of nitrogens with zero attached hydrogens (tertiary/aromatic N) is 5. The number of hydrogen-bond acceptors (Lipinski definition) is 4. The van der Waals surface area contributed by atoms with Crippen LogP contribution in [0, 0.1) is 23.2 Å². The highest BCUT2D eigenvalue weighted by molar-refractivity contribution is 5.78. The molecule has 0 saturated carbocycles. The van der Waals surface area contributed by atoms with Gasteiger partial charge in [-0.2, -0.15) is 5.26 Å². The van der Waals surface area contributed by atoms with E-state index in [9.17, 15) is 5.26 Å². The summed E-state index contributed by atoms with van der Waals surface area (Å²) >= 11 is 0. The zero-order valence-corrected chi connectivity index (χ0v) is 23.5. The van der Waals surface area contributed by atoms with Crippen LogP contribution >= 0.6 is 0 Å². The second kappa shape index (κ2) is 12.1. The summed E-state index contributed by atoms with van der Waals surface area (Å²) in [4.78, 5) is 10.2. The first-order chi connectivity index (χ1) is 17.9. The Morgan fingerprint density at radius 1 is 0.973 bits per heavy atom. The maximum Gasteiger partial charge on any atom is 0.206 e. The van der Waals surface area contributed by atoms with Gasteiger partial charge in [0.15, 0.2) is 0 Å². The molecular weight excluding hydrogens is 454 g/mol. The Hall–Kier alpha value is -2.84. The second-order valence-corrected chi connectivity index (χ2v) is 11.6. The van der Waals surface area contributed by atoms with Crippen LogP contribution in [0.25, 0.3) is 11.0 Å². The summed E-state index contributed by atoms with van der Waals surface area (Å²) in [5.41, 5.74) is 3.07. The highest BCUT2D eigenvalue weighted by atomic mass is 15.3. The lowest BCUT2D eigenvalue weighted by Gasteiger charge is -2.33. The molecule has 0 radical (unpaired) electrons. The van der Waals surface area contributed by atoms with E-state index < -0.39 is 5.41 Å². The summed E-state index contributed by atoms with van der Waals surface area (Å²) < 4.78 is 2.44. The highest BCUT2D eigenvalue weighted by Gasteiger charge is 2.36. The van der Waals surface area contributed by atoms with E-state index in [1.165, 1.54) is 5.52 Å². The molecule has 2 aromatic carbocycles. The van der Waals surface area contributed by atoms with Gasteiger partial charge < -0.3 is 9.47 Å². The molecule has 0 aliphatic carbocycles. The minimum absolute atomic E-state index is 0.274. The van der Waals surface area contributed by atoms with E-state index in [4.69, 9.17) is 4.98 Å². The van der Waals surface area contributed by atoms with Crippen LogP contribution in [0.3, 0.4) is 0 Å². The molecule has 0 bridgehead atoms. The fourth-order valence-electron chi connectivity index (χ4n) is 5.86. The van der Waals surface area contributed by atoms with Crippen LogP contribution in [0.1, 0.15) is 65.9 Å². The predicted octanol–water partition coefficient (Wildman–Crippen LogP) is 6.88. The van der Waals surface area contributed by atoms with E-state index in [2.05, 4.69) is 104 Å². The molecule has 1 aliphatic heterocycles. The van der Waals surface area contributed by atoms with Crippen molar-refractivity contribution in [3.8, 4) is 6.07 Å². The van der Waals surface area contributed by atoms with Crippen LogP contribution in [0.15, 0.2) is 54.6 Å². The summed E-state index contributed by atoms with van der Waals surface area (Å²) in [6.45, 7) is 16.4. The van der Waals surface area contributed by atoms with Gasteiger partial charge in [-0.25, -0.2) is 4.98 Å². The van der Waals surface area contributed by atoms with Crippen molar-refractivity contribution in [2.75, 3.05) is 31.1 Å². The summed E-state index contributed by atoms with van der Waals surface area (Å²) in [5, 5.41) is 10.3. The topological polar surface area (TPSA) is 48.1 Å². The van der Waals surface area contributed by atoms with Gasteiger partial charge in [-0.1, -0.05) is 70.2 Å². The Morgan fingerprint density at radius 2 is 1.70 bits per heavy atom. The monoisotopic (exact) mass is 499 g/mol. The average Bonchev–Trinajstić information content (AvgIpc) is 3.16. The molecule has 0 amide bonds. The highest BCUT2D eigenvalue weighted by Crippen LogP contribution is 2.36. The molecule has 5 heteroatoms. The van der Waals surface area contributed by atoms with Crippen LogP contribution < -0.4 is 4.90 Å². The van der Waals surface area contributed by atoms with Gasteiger partial charge in [-0.3, -0.25) is 4.90 Å². The number of para-hydroxylation sites is 2. The SMILES string of the molecule is CC(C)CCn1c(N2CCC(C)N(CCCC(C#N)(c3ccccc3)C(C)C)CC2)nc2ccccc21. The lowest BCUT2D eigenvalue weighted by Crippen LogP contribution is -2.37. The van der Waals surface area contributed by atoms with Gasteiger partial charge in [0.1, 0.15) is 0 Å². The molecule has 198 valence electrons. The van der Waals surface area contributed by atoms with Crippen molar-refractivity contribution in [1.82, 2.24) is 14.5 Å². The van der Waals surface area contributed by atoms with E-state index in [1.54, 1.807) is 0 Å². The molecule has 0 spiro atoms. The van der Waals surface area contributed by atoms with Gasteiger partial charge in [0.25, 0.3) is 0 Å². The van der Waals surface area contributed by atoms with Crippen molar-refractivity contribution in [1.29, 1.82) is 5.26 Å². The zero-order valence-electron chi connectivity index (χ0n) is 23.5. The Bertz CT molecular complexity index is 1170. The Labute approximate surface area is 224 Å². The molecule has 1 aliphatic rings. The first-order valence-electron chi connectivity index (χ1n) is 14.3. The number of benzene rings is 2.